The Kier molecular flexibility index (Phi) is 4.48. The molecule has 0 aliphatic carbocycles. The van der Waals surface area contributed by atoms with E-state index < -0.39 is 5.97 Å². The van der Waals surface area contributed by atoms with Crippen LogP contribution in [-0.4, -0.2) is 16.1 Å². The van der Waals surface area contributed by atoms with Gasteiger partial charge in [-0.1, -0.05) is 25.4 Å². The zero-order valence-corrected chi connectivity index (χ0v) is 12.8. The molecule has 1 heterocycles. The van der Waals surface area contributed by atoms with Gasteiger partial charge in [-0.3, -0.25) is 0 Å². The van der Waals surface area contributed by atoms with E-state index >= 15 is 0 Å². The number of benzene rings is 1. The van der Waals surface area contributed by atoms with Crippen molar-refractivity contribution in [1.29, 1.82) is 0 Å². The van der Waals surface area contributed by atoms with E-state index in [1.54, 1.807) is 0 Å². The van der Waals surface area contributed by atoms with Crippen LogP contribution in [0.1, 0.15) is 41.3 Å². The molecule has 2 rings (SSSR count). The van der Waals surface area contributed by atoms with E-state index in [9.17, 15) is 4.79 Å². The first-order valence-electron chi connectivity index (χ1n) is 6.55. The lowest BCUT2D eigenvalue weighted by Gasteiger charge is -2.14. The summed E-state index contributed by atoms with van der Waals surface area (Å²) in [4.78, 5) is 15.0. The minimum absolute atomic E-state index is 0.135. The molecule has 21 heavy (non-hydrogen) atoms. The Balaban J connectivity index is 2.37. The van der Waals surface area contributed by atoms with Gasteiger partial charge in [-0.15, -0.1) is 0 Å². The summed E-state index contributed by atoms with van der Waals surface area (Å²) in [6, 6.07) is 6.53. The summed E-state index contributed by atoms with van der Waals surface area (Å²) in [5.41, 5.74) is 1.98. The quantitative estimate of drug-likeness (QED) is 0.892. The SMILES string of the molecule is Cc1cc(Cl)c(C(C)C)cc1Oc1cc(C(=O)O)ccn1. The molecular formula is C16H16ClNO3. The van der Waals surface area contributed by atoms with Gasteiger partial charge in [0.25, 0.3) is 0 Å². The van der Waals surface area contributed by atoms with E-state index in [0.717, 1.165) is 11.1 Å². The highest BCUT2D eigenvalue weighted by atomic mass is 35.5. The standard InChI is InChI=1S/C16H16ClNO3/c1-9(2)12-8-14(10(3)6-13(12)17)21-15-7-11(16(19)20)4-5-18-15/h4-9H,1-3H3,(H,19,20). The second kappa shape index (κ2) is 6.14. The largest absolute Gasteiger partial charge is 0.478 e. The van der Waals surface area contributed by atoms with Crippen LogP contribution in [0.4, 0.5) is 0 Å². The fourth-order valence-corrected chi connectivity index (χ4v) is 2.37. The summed E-state index contributed by atoms with van der Waals surface area (Å²) >= 11 is 6.22. The number of carboxylic acid groups (broad SMARTS) is 1. The van der Waals surface area contributed by atoms with Crippen molar-refractivity contribution >= 4 is 17.6 Å². The molecule has 0 amide bonds. The number of nitrogens with zero attached hydrogens (tertiary/aromatic N) is 1. The molecule has 5 heteroatoms. The Bertz CT molecular complexity index is 683. The summed E-state index contributed by atoms with van der Waals surface area (Å²) in [5.74, 6) is 0.116. The average Bonchev–Trinajstić information content (AvgIpc) is 2.41. The Morgan fingerprint density at radius 2 is 2.05 bits per heavy atom. The van der Waals surface area contributed by atoms with E-state index in [0.29, 0.717) is 10.8 Å². The van der Waals surface area contributed by atoms with Crippen molar-refractivity contribution in [2.75, 3.05) is 0 Å². The molecule has 0 spiro atoms. The molecule has 0 unspecified atom stereocenters. The molecule has 0 aliphatic heterocycles. The number of rotatable bonds is 4. The predicted octanol–water partition coefficient (Wildman–Crippen LogP) is 4.66. The van der Waals surface area contributed by atoms with Crippen LogP contribution >= 0.6 is 11.6 Å². The number of aromatic nitrogens is 1. The Morgan fingerprint density at radius 1 is 1.33 bits per heavy atom. The zero-order chi connectivity index (χ0) is 15.6. The van der Waals surface area contributed by atoms with Crippen LogP contribution in [-0.2, 0) is 0 Å². The van der Waals surface area contributed by atoms with Crippen molar-refractivity contribution in [2.24, 2.45) is 0 Å². The number of aromatic carboxylic acids is 1. The third kappa shape index (κ3) is 3.52. The Morgan fingerprint density at radius 3 is 2.67 bits per heavy atom. The van der Waals surface area contributed by atoms with Gasteiger partial charge >= 0.3 is 5.97 Å². The smallest absolute Gasteiger partial charge is 0.335 e. The highest BCUT2D eigenvalue weighted by Crippen LogP contribution is 2.33. The minimum atomic E-state index is -1.02. The lowest BCUT2D eigenvalue weighted by molar-refractivity contribution is 0.0696. The van der Waals surface area contributed by atoms with Gasteiger partial charge in [0, 0.05) is 17.3 Å². The highest BCUT2D eigenvalue weighted by Gasteiger charge is 2.12. The molecule has 0 fully saturated rings. The molecule has 0 aliphatic rings. The zero-order valence-electron chi connectivity index (χ0n) is 12.1. The van der Waals surface area contributed by atoms with Gasteiger partial charge in [-0.25, -0.2) is 9.78 Å². The molecule has 0 atom stereocenters. The van der Waals surface area contributed by atoms with Crippen molar-refractivity contribution in [1.82, 2.24) is 4.98 Å². The molecule has 0 saturated carbocycles. The Labute approximate surface area is 128 Å². The van der Waals surface area contributed by atoms with E-state index in [-0.39, 0.29) is 17.4 Å². The molecule has 2 aromatic rings. The van der Waals surface area contributed by atoms with Gasteiger partial charge in [-0.05, 0) is 42.2 Å². The van der Waals surface area contributed by atoms with Gasteiger partial charge in [-0.2, -0.15) is 0 Å². The van der Waals surface area contributed by atoms with E-state index in [1.807, 2.05) is 32.9 Å². The first kappa shape index (κ1) is 15.3. The molecule has 4 nitrogen and oxygen atoms in total. The van der Waals surface area contributed by atoms with Crippen LogP contribution in [0.3, 0.4) is 0 Å². The second-order valence-electron chi connectivity index (χ2n) is 5.08. The van der Waals surface area contributed by atoms with Crippen LogP contribution in [0.2, 0.25) is 5.02 Å². The third-order valence-electron chi connectivity index (χ3n) is 3.11. The summed E-state index contributed by atoms with van der Waals surface area (Å²) in [7, 11) is 0. The van der Waals surface area contributed by atoms with Crippen molar-refractivity contribution in [3.05, 3.63) is 52.2 Å². The van der Waals surface area contributed by atoms with E-state index in [4.69, 9.17) is 21.4 Å². The molecular weight excluding hydrogens is 290 g/mol. The van der Waals surface area contributed by atoms with Crippen molar-refractivity contribution in [3.63, 3.8) is 0 Å². The molecule has 0 bridgehead atoms. The Hall–Kier alpha value is -2.07. The maximum absolute atomic E-state index is 11.0. The first-order valence-corrected chi connectivity index (χ1v) is 6.93. The maximum atomic E-state index is 11.0. The van der Waals surface area contributed by atoms with Crippen LogP contribution in [0.25, 0.3) is 0 Å². The number of hydrogen-bond donors (Lipinski definition) is 1. The fourth-order valence-electron chi connectivity index (χ4n) is 1.93. The lowest BCUT2D eigenvalue weighted by atomic mass is 10.0. The highest BCUT2D eigenvalue weighted by molar-refractivity contribution is 6.31. The second-order valence-corrected chi connectivity index (χ2v) is 5.49. The number of halogens is 1. The summed E-state index contributed by atoms with van der Waals surface area (Å²) in [6.45, 7) is 5.97. The fraction of sp³-hybridized carbons (Fsp3) is 0.250. The van der Waals surface area contributed by atoms with Gasteiger partial charge < -0.3 is 9.84 Å². The summed E-state index contributed by atoms with van der Waals surface area (Å²) in [6.07, 6.45) is 1.41. The maximum Gasteiger partial charge on any atom is 0.335 e. The molecule has 1 N–H and O–H groups in total. The third-order valence-corrected chi connectivity index (χ3v) is 3.44. The van der Waals surface area contributed by atoms with Crippen molar-refractivity contribution in [3.8, 4) is 11.6 Å². The molecule has 1 aromatic carbocycles. The first-order chi connectivity index (χ1) is 9.88. The molecule has 1 aromatic heterocycles. The van der Waals surface area contributed by atoms with Gasteiger partial charge in [0.15, 0.2) is 0 Å². The van der Waals surface area contributed by atoms with E-state index in [2.05, 4.69) is 4.98 Å². The number of pyridine rings is 1. The van der Waals surface area contributed by atoms with Crippen LogP contribution in [0.5, 0.6) is 11.6 Å². The number of carbonyl (C=O) groups is 1. The normalized spacial score (nSPS) is 10.7. The van der Waals surface area contributed by atoms with Crippen molar-refractivity contribution < 1.29 is 14.6 Å². The topological polar surface area (TPSA) is 59.4 Å². The minimum Gasteiger partial charge on any atom is -0.478 e. The average molecular weight is 306 g/mol. The monoisotopic (exact) mass is 305 g/mol. The van der Waals surface area contributed by atoms with Crippen molar-refractivity contribution in [2.45, 2.75) is 26.7 Å². The van der Waals surface area contributed by atoms with Crippen LogP contribution in [0.15, 0.2) is 30.5 Å². The number of carboxylic acids is 1. The van der Waals surface area contributed by atoms with E-state index in [1.165, 1.54) is 18.3 Å². The number of aryl methyl sites for hydroxylation is 1. The van der Waals surface area contributed by atoms with Crippen LogP contribution in [0, 0.1) is 6.92 Å². The molecule has 0 radical (unpaired) electrons. The van der Waals surface area contributed by atoms with Gasteiger partial charge in [0.1, 0.15) is 5.75 Å². The van der Waals surface area contributed by atoms with Gasteiger partial charge in [0.05, 0.1) is 5.56 Å². The molecule has 110 valence electrons. The summed E-state index contributed by atoms with van der Waals surface area (Å²) in [5, 5.41) is 9.68. The van der Waals surface area contributed by atoms with Crippen LogP contribution < -0.4 is 4.74 Å². The number of hydrogen-bond acceptors (Lipinski definition) is 3. The molecule has 0 saturated heterocycles. The summed E-state index contributed by atoms with van der Waals surface area (Å²) < 4.78 is 5.71. The lowest BCUT2D eigenvalue weighted by Crippen LogP contribution is -1.99. The number of ether oxygens (including phenoxy) is 1. The predicted molar refractivity (Wildman–Crippen MR) is 81.5 cm³/mol. The van der Waals surface area contributed by atoms with Gasteiger partial charge in [0.2, 0.25) is 5.88 Å².